The van der Waals surface area contributed by atoms with E-state index in [9.17, 15) is 0 Å². The largest absolute Gasteiger partial charge is 0.314 e. The van der Waals surface area contributed by atoms with Crippen LogP contribution in [0.15, 0.2) is 24.3 Å². The Kier molecular flexibility index (Phi) is 4.11. The van der Waals surface area contributed by atoms with E-state index in [1.165, 1.54) is 37.7 Å². The Morgan fingerprint density at radius 1 is 1.16 bits per heavy atom. The lowest BCUT2D eigenvalue weighted by atomic mass is 9.79. The van der Waals surface area contributed by atoms with Crippen LogP contribution in [0.25, 0.3) is 0 Å². The quantitative estimate of drug-likeness (QED) is 0.891. The van der Waals surface area contributed by atoms with Crippen LogP contribution in [-0.2, 0) is 6.54 Å². The van der Waals surface area contributed by atoms with E-state index in [4.69, 9.17) is 11.6 Å². The van der Waals surface area contributed by atoms with E-state index in [2.05, 4.69) is 22.3 Å². The maximum Gasteiger partial charge on any atom is 0.0451 e. The molecule has 0 atom stereocenters. The molecule has 1 saturated heterocycles. The fourth-order valence-corrected chi connectivity index (χ4v) is 3.86. The molecule has 1 spiro atoms. The van der Waals surface area contributed by atoms with Crippen molar-refractivity contribution in [1.82, 2.24) is 10.2 Å². The van der Waals surface area contributed by atoms with Gasteiger partial charge in [-0.25, -0.2) is 0 Å². The molecular formula is C16H23ClN2. The zero-order valence-electron chi connectivity index (χ0n) is 11.5. The Bertz CT molecular complexity index is 418. The Hall–Kier alpha value is -0.570. The van der Waals surface area contributed by atoms with Crippen LogP contribution >= 0.6 is 11.6 Å². The van der Waals surface area contributed by atoms with Crippen LogP contribution in [0.1, 0.15) is 37.7 Å². The van der Waals surface area contributed by atoms with Gasteiger partial charge in [0.15, 0.2) is 0 Å². The third-order valence-corrected chi connectivity index (χ3v) is 5.16. The predicted molar refractivity (Wildman–Crippen MR) is 80.5 cm³/mol. The molecule has 3 heteroatoms. The van der Waals surface area contributed by atoms with Crippen molar-refractivity contribution in [1.29, 1.82) is 0 Å². The molecule has 0 bridgehead atoms. The summed E-state index contributed by atoms with van der Waals surface area (Å²) < 4.78 is 0. The van der Waals surface area contributed by atoms with Crippen LogP contribution < -0.4 is 5.32 Å². The van der Waals surface area contributed by atoms with Crippen molar-refractivity contribution in [3.05, 3.63) is 34.9 Å². The standard InChI is InChI=1S/C16H23ClN2/c17-15-7-3-2-6-14(15)12-19-11-10-18-13-16(19)8-4-1-5-9-16/h2-3,6-7,18H,1,4-5,8-13H2. The minimum Gasteiger partial charge on any atom is -0.314 e. The van der Waals surface area contributed by atoms with Crippen LogP contribution in [-0.4, -0.2) is 30.1 Å². The molecule has 104 valence electrons. The Morgan fingerprint density at radius 3 is 2.74 bits per heavy atom. The zero-order chi connectivity index (χ0) is 13.1. The average Bonchev–Trinajstić information content (AvgIpc) is 2.45. The lowest BCUT2D eigenvalue weighted by Gasteiger charge is -2.50. The third-order valence-electron chi connectivity index (χ3n) is 4.79. The second kappa shape index (κ2) is 5.82. The summed E-state index contributed by atoms with van der Waals surface area (Å²) in [6.45, 7) is 4.40. The summed E-state index contributed by atoms with van der Waals surface area (Å²) in [7, 11) is 0. The van der Waals surface area contributed by atoms with E-state index in [0.717, 1.165) is 31.2 Å². The van der Waals surface area contributed by atoms with Crippen molar-refractivity contribution in [2.75, 3.05) is 19.6 Å². The van der Waals surface area contributed by atoms with Crippen molar-refractivity contribution >= 4 is 11.6 Å². The first-order valence-electron chi connectivity index (χ1n) is 7.49. The highest BCUT2D eigenvalue weighted by Gasteiger charge is 2.39. The number of halogens is 1. The lowest BCUT2D eigenvalue weighted by molar-refractivity contribution is 0.0209. The van der Waals surface area contributed by atoms with Gasteiger partial charge in [-0.1, -0.05) is 49.1 Å². The molecule has 2 fully saturated rings. The van der Waals surface area contributed by atoms with Gasteiger partial charge in [-0.2, -0.15) is 0 Å². The van der Waals surface area contributed by atoms with Crippen LogP contribution in [0.4, 0.5) is 0 Å². The number of piperazine rings is 1. The van der Waals surface area contributed by atoms with Gasteiger partial charge in [0.2, 0.25) is 0 Å². The van der Waals surface area contributed by atoms with Gasteiger partial charge in [0.25, 0.3) is 0 Å². The third kappa shape index (κ3) is 2.81. The molecule has 1 saturated carbocycles. The minimum absolute atomic E-state index is 0.385. The summed E-state index contributed by atoms with van der Waals surface area (Å²) in [6, 6.07) is 8.28. The lowest BCUT2D eigenvalue weighted by Crippen LogP contribution is -2.61. The SMILES string of the molecule is Clc1ccccc1CN1CCNCC12CCCCC2. The van der Waals surface area contributed by atoms with Gasteiger partial charge in [-0.15, -0.1) is 0 Å². The van der Waals surface area contributed by atoms with E-state index >= 15 is 0 Å². The molecule has 1 aromatic carbocycles. The average molecular weight is 279 g/mol. The summed E-state index contributed by atoms with van der Waals surface area (Å²) in [5.41, 5.74) is 1.66. The number of benzene rings is 1. The smallest absolute Gasteiger partial charge is 0.0451 e. The molecule has 3 rings (SSSR count). The van der Waals surface area contributed by atoms with Crippen molar-refractivity contribution in [3.63, 3.8) is 0 Å². The summed E-state index contributed by atoms with van der Waals surface area (Å²) in [5, 5.41) is 4.51. The van der Waals surface area contributed by atoms with E-state index in [0.29, 0.717) is 5.54 Å². The van der Waals surface area contributed by atoms with Crippen molar-refractivity contribution < 1.29 is 0 Å². The molecule has 2 nitrogen and oxygen atoms in total. The number of nitrogens with zero attached hydrogens (tertiary/aromatic N) is 1. The van der Waals surface area contributed by atoms with Crippen LogP contribution in [0.5, 0.6) is 0 Å². The first kappa shape index (κ1) is 13.4. The second-order valence-corrected chi connectivity index (χ2v) is 6.38. The Balaban J connectivity index is 1.79. The number of hydrogen-bond donors (Lipinski definition) is 1. The predicted octanol–water partition coefficient (Wildman–Crippen LogP) is 3.45. The van der Waals surface area contributed by atoms with E-state index < -0.39 is 0 Å². The molecule has 19 heavy (non-hydrogen) atoms. The van der Waals surface area contributed by atoms with Gasteiger partial charge >= 0.3 is 0 Å². The maximum absolute atomic E-state index is 6.33. The second-order valence-electron chi connectivity index (χ2n) is 5.97. The first-order chi connectivity index (χ1) is 9.30. The van der Waals surface area contributed by atoms with Gasteiger partial charge in [0.05, 0.1) is 0 Å². The summed E-state index contributed by atoms with van der Waals surface area (Å²) in [4.78, 5) is 2.68. The molecule has 0 aromatic heterocycles. The number of rotatable bonds is 2. The van der Waals surface area contributed by atoms with Crippen molar-refractivity contribution in [2.24, 2.45) is 0 Å². The van der Waals surface area contributed by atoms with Crippen molar-refractivity contribution in [2.45, 2.75) is 44.2 Å². The molecule has 0 unspecified atom stereocenters. The molecule has 1 aromatic rings. The molecule has 0 amide bonds. The molecular weight excluding hydrogens is 256 g/mol. The number of hydrogen-bond acceptors (Lipinski definition) is 2. The fraction of sp³-hybridized carbons (Fsp3) is 0.625. The molecule has 0 radical (unpaired) electrons. The van der Waals surface area contributed by atoms with Gasteiger partial charge in [0, 0.05) is 36.7 Å². The monoisotopic (exact) mass is 278 g/mol. The Labute approximate surface area is 121 Å². The van der Waals surface area contributed by atoms with Crippen molar-refractivity contribution in [3.8, 4) is 0 Å². The molecule has 2 aliphatic rings. The van der Waals surface area contributed by atoms with Gasteiger partial charge in [-0.3, -0.25) is 4.90 Å². The molecule has 1 aliphatic carbocycles. The summed E-state index contributed by atoms with van der Waals surface area (Å²) in [6.07, 6.45) is 6.83. The van der Waals surface area contributed by atoms with Gasteiger partial charge in [-0.05, 0) is 24.5 Å². The molecule has 1 aliphatic heterocycles. The van der Waals surface area contributed by atoms with Gasteiger partial charge < -0.3 is 5.32 Å². The number of nitrogens with one attached hydrogen (secondary N) is 1. The van der Waals surface area contributed by atoms with Crippen LogP contribution in [0.3, 0.4) is 0 Å². The fourth-order valence-electron chi connectivity index (χ4n) is 3.67. The van der Waals surface area contributed by atoms with Crippen LogP contribution in [0.2, 0.25) is 5.02 Å². The summed E-state index contributed by atoms with van der Waals surface area (Å²) >= 11 is 6.33. The van der Waals surface area contributed by atoms with E-state index in [1.807, 2.05) is 12.1 Å². The van der Waals surface area contributed by atoms with E-state index in [1.54, 1.807) is 0 Å². The maximum atomic E-state index is 6.33. The molecule has 1 heterocycles. The minimum atomic E-state index is 0.385. The topological polar surface area (TPSA) is 15.3 Å². The normalized spacial score (nSPS) is 23.6. The highest BCUT2D eigenvalue weighted by atomic mass is 35.5. The highest BCUT2D eigenvalue weighted by molar-refractivity contribution is 6.31. The zero-order valence-corrected chi connectivity index (χ0v) is 12.3. The molecule has 1 N–H and O–H groups in total. The van der Waals surface area contributed by atoms with Gasteiger partial charge in [0.1, 0.15) is 0 Å². The summed E-state index contributed by atoms with van der Waals surface area (Å²) in [5.74, 6) is 0. The first-order valence-corrected chi connectivity index (χ1v) is 7.87. The van der Waals surface area contributed by atoms with Crippen LogP contribution in [0, 0.1) is 0 Å². The highest BCUT2D eigenvalue weighted by Crippen LogP contribution is 2.36. The Morgan fingerprint density at radius 2 is 1.95 bits per heavy atom. The van der Waals surface area contributed by atoms with E-state index in [-0.39, 0.29) is 0 Å².